The van der Waals surface area contributed by atoms with Gasteiger partial charge in [0.1, 0.15) is 5.01 Å². The highest BCUT2D eigenvalue weighted by molar-refractivity contribution is 7.21. The number of alkyl halides is 3. The quantitative estimate of drug-likeness (QED) is 0.760. The van der Waals surface area contributed by atoms with E-state index in [0.29, 0.717) is 17.1 Å². The molecule has 0 fully saturated rings. The van der Waals surface area contributed by atoms with E-state index >= 15 is 0 Å². The minimum atomic E-state index is -4.35. The molecule has 0 aliphatic carbocycles. The Kier molecular flexibility index (Phi) is 3.43. The van der Waals surface area contributed by atoms with Crippen molar-refractivity contribution in [1.82, 2.24) is 4.98 Å². The Morgan fingerprint density at radius 1 is 1.10 bits per heavy atom. The second-order valence-corrected chi connectivity index (χ2v) is 5.63. The molecule has 0 bridgehead atoms. The van der Waals surface area contributed by atoms with Gasteiger partial charge < -0.3 is 5.73 Å². The van der Waals surface area contributed by atoms with Crippen molar-refractivity contribution < 1.29 is 13.2 Å². The number of thiazole rings is 1. The largest absolute Gasteiger partial charge is 0.416 e. The molecule has 1 heterocycles. The first-order valence-electron chi connectivity index (χ1n) is 6.24. The van der Waals surface area contributed by atoms with Gasteiger partial charge in [-0.25, -0.2) is 4.98 Å². The van der Waals surface area contributed by atoms with Gasteiger partial charge in [-0.15, -0.1) is 11.3 Å². The van der Waals surface area contributed by atoms with E-state index in [2.05, 4.69) is 4.98 Å². The Bertz CT molecular complexity index is 793. The van der Waals surface area contributed by atoms with Crippen LogP contribution in [-0.2, 0) is 12.7 Å². The van der Waals surface area contributed by atoms with Gasteiger partial charge in [0.2, 0.25) is 0 Å². The van der Waals surface area contributed by atoms with Crippen molar-refractivity contribution in [1.29, 1.82) is 0 Å². The van der Waals surface area contributed by atoms with Gasteiger partial charge in [0.25, 0.3) is 0 Å². The van der Waals surface area contributed by atoms with Crippen molar-refractivity contribution in [2.75, 3.05) is 0 Å². The fraction of sp³-hybridized carbons (Fsp3) is 0.133. The molecule has 3 aromatic rings. The van der Waals surface area contributed by atoms with Crippen molar-refractivity contribution in [3.63, 3.8) is 0 Å². The first kappa shape index (κ1) is 14.0. The fourth-order valence-electron chi connectivity index (χ4n) is 2.06. The number of benzene rings is 2. The van der Waals surface area contributed by atoms with Crippen molar-refractivity contribution >= 4 is 21.6 Å². The summed E-state index contributed by atoms with van der Waals surface area (Å²) in [5.41, 5.74) is 7.11. The SMILES string of the molecule is NCc1cccc(-c2nc3cc(C(F)(F)F)ccc3s2)c1. The third-order valence-electron chi connectivity index (χ3n) is 3.12. The molecule has 21 heavy (non-hydrogen) atoms. The van der Waals surface area contributed by atoms with E-state index < -0.39 is 11.7 Å². The van der Waals surface area contributed by atoms with Crippen molar-refractivity contribution in [2.24, 2.45) is 5.73 Å². The minimum Gasteiger partial charge on any atom is -0.326 e. The smallest absolute Gasteiger partial charge is 0.326 e. The van der Waals surface area contributed by atoms with Crippen LogP contribution in [-0.4, -0.2) is 4.98 Å². The first-order valence-corrected chi connectivity index (χ1v) is 7.06. The van der Waals surface area contributed by atoms with Gasteiger partial charge >= 0.3 is 6.18 Å². The lowest BCUT2D eigenvalue weighted by Gasteiger charge is -2.04. The van der Waals surface area contributed by atoms with Gasteiger partial charge in [0.15, 0.2) is 0 Å². The minimum absolute atomic E-state index is 0.364. The molecule has 0 aliphatic heterocycles. The molecular weight excluding hydrogens is 297 g/mol. The van der Waals surface area contributed by atoms with Gasteiger partial charge in [-0.3, -0.25) is 0 Å². The molecule has 2 aromatic carbocycles. The number of nitrogens with zero attached hydrogens (tertiary/aromatic N) is 1. The van der Waals surface area contributed by atoms with Crippen LogP contribution in [0.3, 0.4) is 0 Å². The topological polar surface area (TPSA) is 38.9 Å². The molecule has 2 nitrogen and oxygen atoms in total. The van der Waals surface area contributed by atoms with Crippen LogP contribution < -0.4 is 5.73 Å². The summed E-state index contributed by atoms with van der Waals surface area (Å²) in [6.45, 7) is 0.414. The number of aromatic nitrogens is 1. The van der Waals surface area contributed by atoms with E-state index in [1.165, 1.54) is 17.4 Å². The lowest BCUT2D eigenvalue weighted by atomic mass is 10.1. The van der Waals surface area contributed by atoms with Crippen molar-refractivity contribution in [2.45, 2.75) is 12.7 Å². The van der Waals surface area contributed by atoms with E-state index in [0.717, 1.165) is 28.0 Å². The average Bonchev–Trinajstić information content (AvgIpc) is 2.89. The van der Waals surface area contributed by atoms with E-state index in [9.17, 15) is 13.2 Å². The van der Waals surface area contributed by atoms with Gasteiger partial charge in [-0.1, -0.05) is 18.2 Å². The molecule has 0 spiro atoms. The first-order chi connectivity index (χ1) is 9.97. The average molecular weight is 308 g/mol. The van der Waals surface area contributed by atoms with Crippen LogP contribution in [0, 0.1) is 0 Å². The van der Waals surface area contributed by atoms with Crippen molar-refractivity contribution in [3.8, 4) is 10.6 Å². The Morgan fingerprint density at radius 3 is 2.62 bits per heavy atom. The van der Waals surface area contributed by atoms with Gasteiger partial charge in [0.05, 0.1) is 15.8 Å². The summed E-state index contributed by atoms with van der Waals surface area (Å²) >= 11 is 1.37. The zero-order valence-corrected chi connectivity index (χ0v) is 11.6. The number of rotatable bonds is 2. The molecule has 3 rings (SSSR count). The number of hydrogen-bond acceptors (Lipinski definition) is 3. The van der Waals surface area contributed by atoms with Crippen LogP contribution in [0.2, 0.25) is 0 Å². The standard InChI is InChI=1S/C15H11F3N2S/c16-15(17,18)11-4-5-13-12(7-11)20-14(21-13)10-3-1-2-9(6-10)8-19/h1-7H,8,19H2. The zero-order chi connectivity index (χ0) is 15.0. The molecule has 2 N–H and O–H groups in total. The Hall–Kier alpha value is -1.92. The molecule has 0 atom stereocenters. The normalized spacial score (nSPS) is 12.0. The maximum atomic E-state index is 12.7. The number of fused-ring (bicyclic) bond motifs is 1. The Balaban J connectivity index is 2.08. The number of halogens is 3. The van der Waals surface area contributed by atoms with Crippen molar-refractivity contribution in [3.05, 3.63) is 53.6 Å². The van der Waals surface area contributed by atoms with Gasteiger partial charge in [0, 0.05) is 12.1 Å². The summed E-state index contributed by atoms with van der Waals surface area (Å²) in [5, 5.41) is 0.694. The van der Waals surface area contributed by atoms with E-state index in [-0.39, 0.29) is 0 Å². The number of hydrogen-bond donors (Lipinski definition) is 1. The fourth-order valence-corrected chi connectivity index (χ4v) is 3.00. The second kappa shape index (κ2) is 5.13. The summed E-state index contributed by atoms with van der Waals surface area (Å²) in [5.74, 6) is 0. The molecule has 0 saturated heterocycles. The van der Waals surface area contributed by atoms with Gasteiger partial charge in [-0.05, 0) is 29.8 Å². The third kappa shape index (κ3) is 2.77. The van der Waals surface area contributed by atoms with Gasteiger partial charge in [-0.2, -0.15) is 13.2 Å². The molecule has 108 valence electrons. The van der Waals surface area contributed by atoms with E-state index in [1.54, 1.807) is 0 Å². The molecule has 0 aliphatic rings. The van der Waals surface area contributed by atoms with Crippen LogP contribution >= 0.6 is 11.3 Å². The van der Waals surface area contributed by atoms with E-state index in [4.69, 9.17) is 5.73 Å². The highest BCUT2D eigenvalue weighted by Crippen LogP contribution is 2.35. The predicted molar refractivity (Wildman–Crippen MR) is 77.9 cm³/mol. The summed E-state index contributed by atoms with van der Waals surface area (Å²) in [6, 6.07) is 11.2. The maximum absolute atomic E-state index is 12.7. The van der Waals surface area contributed by atoms with Crippen LogP contribution in [0.1, 0.15) is 11.1 Å². The van der Waals surface area contributed by atoms with Crippen LogP contribution in [0.5, 0.6) is 0 Å². The lowest BCUT2D eigenvalue weighted by Crippen LogP contribution is -2.03. The lowest BCUT2D eigenvalue weighted by molar-refractivity contribution is -0.137. The maximum Gasteiger partial charge on any atom is 0.416 e. The van der Waals surface area contributed by atoms with Crippen LogP contribution in [0.15, 0.2) is 42.5 Å². The summed E-state index contributed by atoms with van der Waals surface area (Å²) in [7, 11) is 0. The Labute approximate surface area is 123 Å². The molecule has 6 heteroatoms. The number of nitrogens with two attached hydrogens (primary N) is 1. The Morgan fingerprint density at radius 2 is 1.90 bits per heavy atom. The highest BCUT2D eigenvalue weighted by Gasteiger charge is 2.30. The summed E-state index contributed by atoms with van der Waals surface area (Å²) in [4.78, 5) is 4.31. The summed E-state index contributed by atoms with van der Waals surface area (Å²) < 4.78 is 38.9. The molecule has 0 unspecified atom stereocenters. The van der Waals surface area contributed by atoms with Crippen LogP contribution in [0.25, 0.3) is 20.8 Å². The second-order valence-electron chi connectivity index (χ2n) is 4.60. The highest BCUT2D eigenvalue weighted by atomic mass is 32.1. The predicted octanol–water partition coefficient (Wildman–Crippen LogP) is 4.44. The summed E-state index contributed by atoms with van der Waals surface area (Å²) in [6.07, 6.45) is -4.35. The zero-order valence-electron chi connectivity index (χ0n) is 10.8. The van der Waals surface area contributed by atoms with E-state index in [1.807, 2.05) is 24.3 Å². The molecule has 0 amide bonds. The molecule has 0 saturated carbocycles. The van der Waals surface area contributed by atoms with Crippen LogP contribution in [0.4, 0.5) is 13.2 Å². The monoisotopic (exact) mass is 308 g/mol. The molecule has 1 aromatic heterocycles. The third-order valence-corrected chi connectivity index (χ3v) is 4.21. The molecule has 0 radical (unpaired) electrons. The molecular formula is C15H11F3N2S.